The Morgan fingerprint density at radius 1 is 0.173 bits per heavy atom. The lowest BCUT2D eigenvalue weighted by Crippen LogP contribution is -2.01. The lowest BCUT2D eigenvalue weighted by molar-refractivity contribution is 0.669. The first-order chi connectivity index (χ1) is 48.5. The molecule has 0 N–H and O–H groups in total. The zero-order valence-corrected chi connectivity index (χ0v) is 52.7. The molecule has 0 bridgehead atoms. The van der Waals surface area contributed by atoms with Crippen LogP contribution in [0.4, 0.5) is 0 Å². The van der Waals surface area contributed by atoms with Crippen LogP contribution in [-0.2, 0) is 0 Å². The topological polar surface area (TPSA) is 90.7 Å². The minimum absolute atomic E-state index is 0.623. The summed E-state index contributed by atoms with van der Waals surface area (Å²) in [7, 11) is 0. The van der Waals surface area contributed by atoms with E-state index < -0.39 is 0 Å². The highest BCUT2D eigenvalue weighted by molar-refractivity contribution is 6.24. The molecule has 0 saturated carbocycles. The maximum Gasteiger partial charge on any atom is 0.165 e. The molecule has 0 unspecified atom stereocenters. The number of hydrogen-bond donors (Lipinski definition) is 0. The number of furan rings is 2. The summed E-state index contributed by atoms with van der Waals surface area (Å²) in [4.78, 5) is 26.6. The molecule has 16 aromatic carbocycles. The van der Waals surface area contributed by atoms with Crippen LogP contribution < -0.4 is 0 Å². The first-order valence-electron chi connectivity index (χ1n) is 33.1. The van der Waals surface area contributed by atoms with Crippen LogP contribution in [0.1, 0.15) is 0 Å². The van der Waals surface area contributed by atoms with E-state index in [0.717, 1.165) is 181 Å². The molecule has 0 aliphatic carbocycles. The van der Waals surface area contributed by atoms with Crippen molar-refractivity contribution < 1.29 is 8.83 Å². The van der Waals surface area contributed by atoms with E-state index in [1.807, 2.05) is 42.5 Å². The second-order valence-corrected chi connectivity index (χ2v) is 25.3. The molecule has 454 valence electrons. The zero-order chi connectivity index (χ0) is 64.4. The highest BCUT2D eigenvalue weighted by Crippen LogP contribution is 2.48. The largest absolute Gasteiger partial charge is 0.456 e. The molecule has 0 fully saturated rings. The number of rotatable bonds is 9. The summed E-state index contributed by atoms with van der Waals surface area (Å²) >= 11 is 0. The van der Waals surface area contributed by atoms with E-state index in [9.17, 15) is 0 Å². The van der Waals surface area contributed by atoms with Crippen LogP contribution in [0.3, 0.4) is 0 Å². The summed E-state index contributed by atoms with van der Waals surface area (Å²) in [6.45, 7) is 0. The van der Waals surface area contributed by atoms with Gasteiger partial charge < -0.3 is 8.83 Å². The van der Waals surface area contributed by atoms with E-state index in [0.29, 0.717) is 23.3 Å². The van der Waals surface area contributed by atoms with Gasteiger partial charge in [0.05, 0.1) is 11.4 Å². The summed E-state index contributed by atoms with van der Waals surface area (Å²) < 4.78 is 13.3. The highest BCUT2D eigenvalue weighted by Gasteiger charge is 2.25. The Labute approximate surface area is 561 Å². The van der Waals surface area contributed by atoms with Gasteiger partial charge in [0.2, 0.25) is 0 Å². The Morgan fingerprint density at radius 2 is 0.520 bits per heavy atom. The van der Waals surface area contributed by atoms with E-state index in [-0.39, 0.29) is 0 Å². The minimum Gasteiger partial charge on any atom is -0.456 e. The van der Waals surface area contributed by atoms with Crippen molar-refractivity contribution >= 4 is 109 Å². The summed E-state index contributed by atoms with van der Waals surface area (Å²) in [6.07, 6.45) is 0. The highest BCUT2D eigenvalue weighted by atomic mass is 16.3. The molecule has 0 amide bonds. The maximum atomic E-state index is 6.84. The number of benzene rings is 16. The van der Waals surface area contributed by atoms with Crippen molar-refractivity contribution in [1.82, 2.24) is 24.9 Å². The molecule has 0 aliphatic heterocycles. The first-order valence-corrected chi connectivity index (χ1v) is 33.1. The summed E-state index contributed by atoms with van der Waals surface area (Å²) in [5.41, 5.74) is 17.6. The van der Waals surface area contributed by atoms with E-state index in [1.165, 1.54) is 5.39 Å². The van der Waals surface area contributed by atoms with Crippen molar-refractivity contribution in [1.29, 1.82) is 0 Å². The molecule has 20 aromatic rings. The second kappa shape index (κ2) is 22.2. The predicted octanol–water partition coefficient (Wildman–Crippen LogP) is 24.4. The Kier molecular flexibility index (Phi) is 12.5. The fourth-order valence-electron chi connectivity index (χ4n) is 15.1. The molecule has 4 aromatic heterocycles. The zero-order valence-electron chi connectivity index (χ0n) is 52.7. The minimum atomic E-state index is 0.623. The van der Waals surface area contributed by atoms with Crippen LogP contribution in [-0.4, -0.2) is 24.9 Å². The van der Waals surface area contributed by atoms with Crippen LogP contribution in [0.2, 0.25) is 0 Å². The van der Waals surface area contributed by atoms with Crippen LogP contribution in [0.25, 0.3) is 210 Å². The van der Waals surface area contributed by atoms with Gasteiger partial charge >= 0.3 is 0 Å². The predicted molar refractivity (Wildman–Crippen MR) is 404 cm³/mol. The van der Waals surface area contributed by atoms with Gasteiger partial charge in [-0.1, -0.05) is 267 Å². The maximum absolute atomic E-state index is 6.84. The van der Waals surface area contributed by atoms with Gasteiger partial charge in [-0.2, -0.15) is 0 Å². The van der Waals surface area contributed by atoms with Crippen LogP contribution in [0.15, 0.2) is 330 Å². The van der Waals surface area contributed by atoms with Crippen molar-refractivity contribution in [2.75, 3.05) is 0 Å². The first kappa shape index (κ1) is 55.2. The van der Waals surface area contributed by atoms with Gasteiger partial charge in [0.1, 0.15) is 22.3 Å². The molecule has 98 heavy (non-hydrogen) atoms. The SMILES string of the molecule is c1ccc(-c2cc(-c3ccc(-c4cccc5cc6c(cc45)oc4ccc(-c5c7ccccc7c(-c7nc(-c8ccccc8)nc(-c8ccccc8)n7)c7ccccc57)cc46)cc3)nc(-c3c4ccccc4c(-c4ccc5oc6cc7ccccc7cc6c5c4)c4ccccc34)n2)cc1. The monoisotopic (exact) mass is 1250 g/mol. The Balaban J connectivity index is 0.680. The van der Waals surface area contributed by atoms with E-state index in [2.05, 4.69) is 279 Å². The third-order valence-corrected chi connectivity index (χ3v) is 19.7. The fraction of sp³-hybridized carbons (Fsp3) is 0. The Hall–Kier alpha value is -13.2. The molecule has 20 rings (SSSR count). The number of fused-ring (bicyclic) bond motifs is 12. The molecule has 0 aliphatic rings. The van der Waals surface area contributed by atoms with Crippen LogP contribution in [0, 0.1) is 0 Å². The van der Waals surface area contributed by atoms with Crippen molar-refractivity contribution in [3.05, 3.63) is 322 Å². The average Bonchev–Trinajstić information content (AvgIpc) is 1.01. The molecule has 0 spiro atoms. The molecule has 0 atom stereocenters. The van der Waals surface area contributed by atoms with E-state index in [1.54, 1.807) is 0 Å². The number of nitrogens with zero attached hydrogens (tertiary/aromatic N) is 5. The van der Waals surface area contributed by atoms with Gasteiger partial charge in [0.25, 0.3) is 0 Å². The standard InChI is InChI=1S/C91H53N5O2/c1-4-21-55(22-5-1)78-53-79(93-90(92-78)86-69-34-16-12-30-65(69)84(66-31-13-17-35-70(66)86)62-43-45-80-74(49-62)76-47-59-27-10-11-28-60(59)51-82(76)97-80)56-41-39-54(40-42-56)64-38-20-29-61-48-77-75-50-63(44-46-81(75)98-83(77)52-73(61)64)85-67-32-14-18-36-71(67)87(72-37-19-15-33-68(72)85)91-95-88(57-23-6-2-7-24-57)94-89(96-91)58-25-8-3-9-26-58/h1-53H. The Bertz CT molecular complexity index is 6490. The summed E-state index contributed by atoms with van der Waals surface area (Å²) in [5, 5.41) is 17.6. The van der Waals surface area contributed by atoms with Crippen LogP contribution in [0.5, 0.6) is 0 Å². The van der Waals surface area contributed by atoms with Gasteiger partial charge in [-0.15, -0.1) is 0 Å². The quantitative estimate of drug-likeness (QED) is 0.133. The van der Waals surface area contributed by atoms with Gasteiger partial charge in [0.15, 0.2) is 23.3 Å². The fourth-order valence-corrected chi connectivity index (χ4v) is 15.1. The van der Waals surface area contributed by atoms with E-state index in [4.69, 9.17) is 33.8 Å². The third-order valence-electron chi connectivity index (χ3n) is 19.7. The van der Waals surface area contributed by atoms with Gasteiger partial charge in [-0.3, -0.25) is 0 Å². The molecule has 0 saturated heterocycles. The molecular formula is C91H53N5O2. The molecule has 7 nitrogen and oxygen atoms in total. The molecule has 0 radical (unpaired) electrons. The second-order valence-electron chi connectivity index (χ2n) is 25.3. The Morgan fingerprint density at radius 3 is 1.01 bits per heavy atom. The van der Waals surface area contributed by atoms with Gasteiger partial charge in [-0.25, -0.2) is 24.9 Å². The molecule has 7 heteroatoms. The smallest absolute Gasteiger partial charge is 0.165 e. The normalized spacial score (nSPS) is 11.9. The van der Waals surface area contributed by atoms with Crippen molar-refractivity contribution in [2.45, 2.75) is 0 Å². The average molecular weight is 1250 g/mol. The van der Waals surface area contributed by atoms with Crippen molar-refractivity contribution in [3.8, 4) is 101 Å². The number of aromatic nitrogens is 5. The summed E-state index contributed by atoms with van der Waals surface area (Å²) in [5.74, 6) is 2.53. The van der Waals surface area contributed by atoms with Gasteiger partial charge in [-0.05, 0) is 153 Å². The molecular weight excluding hydrogens is 1200 g/mol. The van der Waals surface area contributed by atoms with Crippen molar-refractivity contribution in [3.63, 3.8) is 0 Å². The molecule has 4 heterocycles. The van der Waals surface area contributed by atoms with Gasteiger partial charge in [0, 0.05) is 54.9 Å². The lowest BCUT2D eigenvalue weighted by atomic mass is 9.87. The van der Waals surface area contributed by atoms with E-state index >= 15 is 0 Å². The lowest BCUT2D eigenvalue weighted by Gasteiger charge is -2.18. The van der Waals surface area contributed by atoms with Crippen molar-refractivity contribution in [2.24, 2.45) is 0 Å². The third kappa shape index (κ3) is 9.01. The number of hydrogen-bond acceptors (Lipinski definition) is 7. The van der Waals surface area contributed by atoms with Crippen LogP contribution >= 0.6 is 0 Å². The summed E-state index contributed by atoms with van der Waals surface area (Å²) in [6, 6.07) is 114.